The lowest BCUT2D eigenvalue weighted by molar-refractivity contribution is 0.0853. The van der Waals surface area contributed by atoms with E-state index in [9.17, 15) is 4.79 Å². The number of halogens is 1. The van der Waals surface area contributed by atoms with Crippen molar-refractivity contribution in [1.82, 2.24) is 15.5 Å². The number of rotatable bonds is 6. The van der Waals surface area contributed by atoms with Gasteiger partial charge in [-0.3, -0.25) is 4.79 Å². The molecule has 1 aliphatic heterocycles. The molecule has 8 heteroatoms. The van der Waals surface area contributed by atoms with Gasteiger partial charge in [0.05, 0.1) is 18.9 Å². The molecule has 1 amide bonds. The first-order valence-electron chi connectivity index (χ1n) is 8.41. The fourth-order valence-corrected chi connectivity index (χ4v) is 2.84. The molecule has 7 nitrogen and oxygen atoms in total. The molecule has 0 aliphatic carbocycles. The normalized spacial score (nSPS) is 16.3. The van der Waals surface area contributed by atoms with Crippen molar-refractivity contribution < 1.29 is 14.3 Å². The number of carbonyl (C=O) groups is 1. The molecule has 138 valence electrons. The van der Waals surface area contributed by atoms with Crippen LogP contribution in [0.25, 0.3) is 0 Å². The average Bonchev–Trinajstić information content (AvgIpc) is 3.17. The Morgan fingerprint density at radius 1 is 1.38 bits per heavy atom. The van der Waals surface area contributed by atoms with Gasteiger partial charge in [-0.2, -0.15) is 0 Å². The second kappa shape index (κ2) is 8.33. The van der Waals surface area contributed by atoms with Gasteiger partial charge in [0, 0.05) is 24.2 Å². The molecule has 0 spiro atoms. The van der Waals surface area contributed by atoms with Crippen LogP contribution in [0.5, 0.6) is 5.75 Å². The fourth-order valence-electron chi connectivity index (χ4n) is 2.69. The van der Waals surface area contributed by atoms with Gasteiger partial charge in [0.1, 0.15) is 5.75 Å². The van der Waals surface area contributed by atoms with Crippen molar-refractivity contribution in [3.63, 3.8) is 0 Å². The second-order valence-electron chi connectivity index (χ2n) is 6.08. The highest BCUT2D eigenvalue weighted by atomic mass is 35.5. The molecule has 1 aromatic heterocycles. The zero-order chi connectivity index (χ0) is 18.5. The zero-order valence-corrected chi connectivity index (χ0v) is 15.5. The van der Waals surface area contributed by atoms with Crippen LogP contribution in [0.4, 0.5) is 11.5 Å². The Hall–Kier alpha value is -2.38. The molecule has 0 bridgehead atoms. The number of nitrogens with zero attached hydrogens (tertiary/aromatic N) is 2. The topological polar surface area (TPSA) is 85.4 Å². The van der Waals surface area contributed by atoms with Crippen LogP contribution in [0.15, 0.2) is 24.3 Å². The summed E-state index contributed by atoms with van der Waals surface area (Å²) in [4.78, 5) is 12.1. The van der Waals surface area contributed by atoms with E-state index in [0.717, 1.165) is 30.7 Å². The first kappa shape index (κ1) is 18.4. The summed E-state index contributed by atoms with van der Waals surface area (Å²) < 4.78 is 10.8. The number of carbonyl (C=O) groups excluding carboxylic acids is 1. The van der Waals surface area contributed by atoms with Crippen molar-refractivity contribution in [2.45, 2.75) is 25.9 Å². The summed E-state index contributed by atoms with van der Waals surface area (Å²) in [6, 6.07) is 6.91. The maximum atomic E-state index is 12.1. The lowest BCUT2D eigenvalue weighted by atomic mass is 10.2. The van der Waals surface area contributed by atoms with Gasteiger partial charge in [-0.25, -0.2) is 0 Å². The summed E-state index contributed by atoms with van der Waals surface area (Å²) in [5, 5.41) is 14.6. The van der Waals surface area contributed by atoms with E-state index in [1.54, 1.807) is 25.3 Å². The molecular weight excluding hydrogens is 356 g/mol. The minimum atomic E-state index is -0.264. The average molecular weight is 377 g/mol. The summed E-state index contributed by atoms with van der Waals surface area (Å²) in [6.45, 7) is 3.15. The number of amides is 1. The van der Waals surface area contributed by atoms with Gasteiger partial charge in [0.15, 0.2) is 11.5 Å². The predicted molar refractivity (Wildman–Crippen MR) is 99.4 cm³/mol. The van der Waals surface area contributed by atoms with Crippen molar-refractivity contribution >= 4 is 29.0 Å². The van der Waals surface area contributed by atoms with E-state index in [-0.39, 0.29) is 17.7 Å². The maximum absolute atomic E-state index is 12.1. The summed E-state index contributed by atoms with van der Waals surface area (Å²) in [6.07, 6.45) is 2.10. The summed E-state index contributed by atoms with van der Waals surface area (Å²) in [5.74, 6) is 0.834. The highest BCUT2D eigenvalue weighted by Gasteiger charge is 2.17. The van der Waals surface area contributed by atoms with Crippen LogP contribution in [0.3, 0.4) is 0 Å². The Labute approximate surface area is 157 Å². The summed E-state index contributed by atoms with van der Waals surface area (Å²) >= 11 is 6.11. The van der Waals surface area contributed by atoms with E-state index in [1.807, 2.05) is 13.0 Å². The molecule has 26 heavy (non-hydrogen) atoms. The number of ether oxygens (including phenoxy) is 2. The molecular formula is C18H21ClN4O3. The minimum Gasteiger partial charge on any atom is -0.495 e. The van der Waals surface area contributed by atoms with Crippen LogP contribution in [-0.4, -0.2) is 42.5 Å². The first-order chi connectivity index (χ1) is 12.6. The smallest absolute Gasteiger partial charge is 0.271 e. The highest BCUT2D eigenvalue weighted by molar-refractivity contribution is 6.31. The van der Waals surface area contributed by atoms with Crippen LogP contribution >= 0.6 is 11.6 Å². The van der Waals surface area contributed by atoms with Gasteiger partial charge in [-0.15, -0.1) is 10.2 Å². The Morgan fingerprint density at radius 2 is 2.23 bits per heavy atom. The molecule has 2 N–H and O–H groups in total. The van der Waals surface area contributed by atoms with Gasteiger partial charge >= 0.3 is 0 Å². The van der Waals surface area contributed by atoms with Crippen LogP contribution < -0.4 is 15.4 Å². The fraction of sp³-hybridized carbons (Fsp3) is 0.389. The number of hydrogen-bond acceptors (Lipinski definition) is 6. The highest BCUT2D eigenvalue weighted by Crippen LogP contribution is 2.32. The molecule has 0 saturated carbocycles. The lowest BCUT2D eigenvalue weighted by Crippen LogP contribution is -2.32. The predicted octanol–water partition coefficient (Wildman–Crippen LogP) is 3.10. The van der Waals surface area contributed by atoms with E-state index in [1.165, 1.54) is 0 Å². The van der Waals surface area contributed by atoms with E-state index >= 15 is 0 Å². The van der Waals surface area contributed by atoms with Crippen molar-refractivity contribution in [3.05, 3.63) is 40.5 Å². The molecule has 1 aromatic carbocycles. The van der Waals surface area contributed by atoms with Gasteiger partial charge in [0.2, 0.25) is 0 Å². The first-order valence-corrected chi connectivity index (χ1v) is 8.79. The number of benzene rings is 1. The van der Waals surface area contributed by atoms with Crippen LogP contribution in [-0.2, 0) is 4.74 Å². The third kappa shape index (κ3) is 4.42. The van der Waals surface area contributed by atoms with Crippen molar-refractivity contribution in [3.8, 4) is 5.75 Å². The van der Waals surface area contributed by atoms with Crippen molar-refractivity contribution in [2.75, 3.05) is 25.6 Å². The van der Waals surface area contributed by atoms with E-state index in [4.69, 9.17) is 21.1 Å². The molecule has 1 unspecified atom stereocenters. The van der Waals surface area contributed by atoms with Gasteiger partial charge in [-0.05, 0) is 43.5 Å². The monoisotopic (exact) mass is 376 g/mol. The van der Waals surface area contributed by atoms with Crippen LogP contribution in [0.2, 0.25) is 5.02 Å². The lowest BCUT2D eigenvalue weighted by Gasteiger charge is -2.13. The molecule has 3 rings (SSSR count). The molecule has 2 aromatic rings. The number of aromatic nitrogens is 2. The second-order valence-corrected chi connectivity index (χ2v) is 6.48. The van der Waals surface area contributed by atoms with Crippen LogP contribution in [0.1, 0.15) is 28.9 Å². The number of methoxy groups -OCH3 is 1. The largest absolute Gasteiger partial charge is 0.495 e. The van der Waals surface area contributed by atoms with E-state index in [2.05, 4.69) is 20.8 Å². The molecule has 1 atom stereocenters. The molecule has 1 aliphatic rings. The maximum Gasteiger partial charge on any atom is 0.271 e. The number of nitrogens with one attached hydrogen (secondary N) is 2. The number of aryl methyl sites for hydroxylation is 1. The molecule has 2 heterocycles. The quantitative estimate of drug-likeness (QED) is 0.805. The van der Waals surface area contributed by atoms with Crippen molar-refractivity contribution in [1.29, 1.82) is 0 Å². The third-order valence-corrected chi connectivity index (χ3v) is 4.56. The Morgan fingerprint density at radius 3 is 2.88 bits per heavy atom. The third-order valence-electron chi connectivity index (χ3n) is 4.15. The molecule has 1 fully saturated rings. The Kier molecular flexibility index (Phi) is 5.90. The SMILES string of the molecule is COc1cc(Cl)c(C)cc1Nc1ccc(C(=O)NCC2CCCO2)nn1. The summed E-state index contributed by atoms with van der Waals surface area (Å²) in [7, 11) is 1.57. The minimum absolute atomic E-state index is 0.0912. The van der Waals surface area contributed by atoms with E-state index < -0.39 is 0 Å². The molecule has 0 radical (unpaired) electrons. The number of hydrogen-bond donors (Lipinski definition) is 2. The van der Waals surface area contributed by atoms with Crippen LogP contribution in [0, 0.1) is 6.92 Å². The standard InChI is InChI=1S/C18H21ClN4O3/c1-11-8-15(16(25-2)9-13(11)19)21-17-6-5-14(22-23-17)18(24)20-10-12-4-3-7-26-12/h5-6,8-9,12H,3-4,7,10H2,1-2H3,(H,20,24)(H,21,23). The summed E-state index contributed by atoms with van der Waals surface area (Å²) in [5.41, 5.74) is 1.89. The molecule has 1 saturated heterocycles. The van der Waals surface area contributed by atoms with Gasteiger partial charge in [0.25, 0.3) is 5.91 Å². The van der Waals surface area contributed by atoms with Gasteiger partial charge in [-0.1, -0.05) is 11.6 Å². The van der Waals surface area contributed by atoms with E-state index in [0.29, 0.717) is 23.1 Å². The van der Waals surface area contributed by atoms with Crippen molar-refractivity contribution in [2.24, 2.45) is 0 Å². The number of anilines is 2. The zero-order valence-electron chi connectivity index (χ0n) is 14.7. The Balaban J connectivity index is 1.64. The Bertz CT molecular complexity index is 777. The van der Waals surface area contributed by atoms with Gasteiger partial charge < -0.3 is 20.1 Å².